The van der Waals surface area contributed by atoms with Crippen molar-refractivity contribution in [3.63, 3.8) is 0 Å². The first-order chi connectivity index (χ1) is 7.45. The summed E-state index contributed by atoms with van der Waals surface area (Å²) >= 11 is -1.56. The van der Waals surface area contributed by atoms with Crippen LogP contribution in [0, 0.1) is 10.8 Å². The highest BCUT2D eigenvalue weighted by atomic mass is 32.2. The molecule has 0 radical (unpaired) electrons. The van der Waals surface area contributed by atoms with Gasteiger partial charge in [0.2, 0.25) is 0 Å². The van der Waals surface area contributed by atoms with Crippen molar-refractivity contribution < 1.29 is 8.49 Å². The van der Waals surface area contributed by atoms with Crippen LogP contribution < -0.4 is 11.2 Å². The topological polar surface area (TPSA) is 76.7 Å². The van der Waals surface area contributed by atoms with E-state index in [0.29, 0.717) is 17.8 Å². The van der Waals surface area contributed by atoms with Gasteiger partial charge >= 0.3 is 11.3 Å². The van der Waals surface area contributed by atoms with Gasteiger partial charge in [0.25, 0.3) is 0 Å². The van der Waals surface area contributed by atoms with Crippen molar-refractivity contribution in [2.75, 3.05) is 6.54 Å². The standard InChI is InChI=1S/C10H19N3O2S/c1-9(2)3-4-10(6-9,7-11)5-8-12-15-16(14)13-8/h3-7,11H2,1-2H3,(H,12,13)/t10-,16?/m1/s1. The van der Waals surface area contributed by atoms with Crippen LogP contribution in [0.4, 0.5) is 0 Å². The molecule has 1 unspecified atom stereocenters. The number of nitrogens with two attached hydrogens (primary N) is 1. The van der Waals surface area contributed by atoms with Crippen LogP contribution >= 0.6 is 0 Å². The summed E-state index contributed by atoms with van der Waals surface area (Å²) in [6.45, 7) is 5.18. The van der Waals surface area contributed by atoms with E-state index in [-0.39, 0.29) is 5.41 Å². The van der Waals surface area contributed by atoms with E-state index in [9.17, 15) is 4.21 Å². The molecule has 92 valence electrons. The molecule has 0 aromatic heterocycles. The number of amidine groups is 1. The minimum atomic E-state index is -1.56. The maximum atomic E-state index is 11.0. The molecule has 0 spiro atoms. The van der Waals surface area contributed by atoms with E-state index >= 15 is 0 Å². The molecule has 0 amide bonds. The second-order valence-electron chi connectivity index (χ2n) is 5.66. The van der Waals surface area contributed by atoms with E-state index in [0.717, 1.165) is 19.3 Å². The molecule has 2 rings (SSSR count). The van der Waals surface area contributed by atoms with Crippen LogP contribution in [0.15, 0.2) is 4.40 Å². The SMILES string of the molecule is CC1(C)CC[C@@](CN)(CC2=NS(=O)ON2)C1. The van der Waals surface area contributed by atoms with Crippen LogP contribution in [0.5, 0.6) is 0 Å². The van der Waals surface area contributed by atoms with Gasteiger partial charge in [-0.3, -0.25) is 0 Å². The molecular formula is C10H19N3O2S. The normalized spacial score (nSPS) is 37.2. The molecule has 1 aliphatic heterocycles. The van der Waals surface area contributed by atoms with Crippen molar-refractivity contribution >= 4 is 17.1 Å². The monoisotopic (exact) mass is 245 g/mol. The zero-order valence-electron chi connectivity index (χ0n) is 9.78. The summed E-state index contributed by atoms with van der Waals surface area (Å²) in [6.07, 6.45) is 4.10. The van der Waals surface area contributed by atoms with Crippen molar-refractivity contribution in [2.24, 2.45) is 21.0 Å². The minimum absolute atomic E-state index is 0.0905. The maximum absolute atomic E-state index is 11.0. The zero-order chi connectivity index (χ0) is 11.8. The summed E-state index contributed by atoms with van der Waals surface area (Å²) in [5.41, 5.74) is 8.95. The Morgan fingerprint density at radius 2 is 2.31 bits per heavy atom. The van der Waals surface area contributed by atoms with Crippen LogP contribution in [0.1, 0.15) is 39.5 Å². The third kappa shape index (κ3) is 2.44. The Morgan fingerprint density at radius 3 is 2.75 bits per heavy atom. The first-order valence-corrected chi connectivity index (χ1v) is 6.61. The van der Waals surface area contributed by atoms with Gasteiger partial charge in [0.05, 0.1) is 0 Å². The van der Waals surface area contributed by atoms with Crippen LogP contribution in [0.2, 0.25) is 0 Å². The Labute approximate surface area is 98.6 Å². The molecule has 0 aromatic rings. The van der Waals surface area contributed by atoms with Gasteiger partial charge in [0, 0.05) is 6.42 Å². The number of hydrogen-bond donors (Lipinski definition) is 2. The smallest absolute Gasteiger partial charge is 0.309 e. The molecule has 1 fully saturated rings. The first-order valence-electron chi connectivity index (χ1n) is 5.58. The van der Waals surface area contributed by atoms with Crippen LogP contribution in [0.25, 0.3) is 0 Å². The summed E-state index contributed by atoms with van der Waals surface area (Å²) in [7, 11) is 0. The third-order valence-electron chi connectivity index (χ3n) is 3.58. The van der Waals surface area contributed by atoms with E-state index in [4.69, 9.17) is 10.0 Å². The highest BCUT2D eigenvalue weighted by Crippen LogP contribution is 2.50. The lowest BCUT2D eigenvalue weighted by Gasteiger charge is -2.29. The van der Waals surface area contributed by atoms with E-state index in [2.05, 4.69) is 23.7 Å². The molecular weight excluding hydrogens is 226 g/mol. The van der Waals surface area contributed by atoms with Crippen LogP contribution in [-0.4, -0.2) is 16.6 Å². The quantitative estimate of drug-likeness (QED) is 0.779. The number of rotatable bonds is 3. The van der Waals surface area contributed by atoms with Crippen LogP contribution in [-0.2, 0) is 15.6 Å². The summed E-state index contributed by atoms with van der Waals surface area (Å²) in [5, 5.41) is 0. The molecule has 1 heterocycles. The van der Waals surface area contributed by atoms with Gasteiger partial charge < -0.3 is 5.73 Å². The summed E-state index contributed by atoms with van der Waals surface area (Å²) in [5.74, 6) is 0.668. The van der Waals surface area contributed by atoms with Crippen molar-refractivity contribution in [1.82, 2.24) is 5.48 Å². The second-order valence-corrected chi connectivity index (χ2v) is 6.45. The van der Waals surface area contributed by atoms with E-state index < -0.39 is 11.3 Å². The summed E-state index contributed by atoms with van der Waals surface area (Å²) in [4.78, 5) is 0. The van der Waals surface area contributed by atoms with Crippen LogP contribution in [0.3, 0.4) is 0 Å². The molecule has 16 heavy (non-hydrogen) atoms. The summed E-state index contributed by atoms with van der Waals surface area (Å²) < 4.78 is 19.5. The van der Waals surface area contributed by atoms with Gasteiger partial charge in [0.1, 0.15) is 5.84 Å². The second kappa shape index (κ2) is 4.09. The molecule has 0 saturated heterocycles. The van der Waals surface area contributed by atoms with Crippen molar-refractivity contribution in [2.45, 2.75) is 39.5 Å². The molecule has 0 aromatic carbocycles. The maximum Gasteiger partial charge on any atom is 0.309 e. The van der Waals surface area contributed by atoms with Gasteiger partial charge in [-0.25, -0.2) is 9.69 Å². The average molecular weight is 245 g/mol. The average Bonchev–Trinajstić information content (AvgIpc) is 2.72. The Balaban J connectivity index is 2.06. The van der Waals surface area contributed by atoms with Gasteiger partial charge in [-0.15, -0.1) is 4.40 Å². The van der Waals surface area contributed by atoms with Crippen molar-refractivity contribution in [1.29, 1.82) is 0 Å². The minimum Gasteiger partial charge on any atom is -0.330 e. The predicted octanol–water partition coefficient (Wildman–Crippen LogP) is 1.04. The molecule has 1 saturated carbocycles. The molecule has 2 aliphatic rings. The molecule has 0 bridgehead atoms. The largest absolute Gasteiger partial charge is 0.330 e. The lowest BCUT2D eigenvalue weighted by Crippen LogP contribution is -2.34. The molecule has 3 N–H and O–H groups in total. The highest BCUT2D eigenvalue weighted by Gasteiger charge is 2.43. The Morgan fingerprint density at radius 1 is 1.56 bits per heavy atom. The molecule has 6 heteroatoms. The molecule has 1 aliphatic carbocycles. The Kier molecular flexibility index (Phi) is 3.07. The Bertz CT molecular complexity index is 343. The molecule has 2 atom stereocenters. The zero-order valence-corrected chi connectivity index (χ0v) is 10.6. The lowest BCUT2D eigenvalue weighted by molar-refractivity contribution is 0.255. The highest BCUT2D eigenvalue weighted by molar-refractivity contribution is 7.79. The molecule has 5 nitrogen and oxygen atoms in total. The van der Waals surface area contributed by atoms with E-state index in [1.54, 1.807) is 0 Å². The fourth-order valence-electron chi connectivity index (χ4n) is 2.83. The van der Waals surface area contributed by atoms with E-state index in [1.807, 2.05) is 0 Å². The number of hydroxylamine groups is 1. The fourth-order valence-corrected chi connectivity index (χ4v) is 3.31. The number of nitrogens with zero attached hydrogens (tertiary/aromatic N) is 1. The Hall–Kier alpha value is -0.460. The van der Waals surface area contributed by atoms with Crippen molar-refractivity contribution in [3.8, 4) is 0 Å². The van der Waals surface area contributed by atoms with Gasteiger partial charge in [-0.2, -0.15) is 4.28 Å². The predicted molar refractivity (Wildman–Crippen MR) is 63.5 cm³/mol. The first kappa shape index (κ1) is 12.0. The number of hydrogen-bond acceptors (Lipinski definition) is 4. The lowest BCUT2D eigenvalue weighted by atomic mass is 9.79. The van der Waals surface area contributed by atoms with E-state index in [1.165, 1.54) is 6.42 Å². The van der Waals surface area contributed by atoms with Gasteiger partial charge in [0.15, 0.2) is 0 Å². The van der Waals surface area contributed by atoms with Gasteiger partial charge in [-0.05, 0) is 36.6 Å². The van der Waals surface area contributed by atoms with Crippen molar-refractivity contribution in [3.05, 3.63) is 0 Å². The number of nitrogens with one attached hydrogen (secondary N) is 1. The summed E-state index contributed by atoms with van der Waals surface area (Å²) in [6, 6.07) is 0. The fraction of sp³-hybridized carbons (Fsp3) is 0.900. The van der Waals surface area contributed by atoms with Gasteiger partial charge in [-0.1, -0.05) is 13.8 Å². The third-order valence-corrected chi connectivity index (χ3v) is 4.17.